The van der Waals surface area contributed by atoms with Crippen LogP contribution in [0, 0.1) is 0 Å². The summed E-state index contributed by atoms with van der Waals surface area (Å²) in [4.78, 5) is 16.3. The van der Waals surface area contributed by atoms with Crippen molar-refractivity contribution in [2.75, 3.05) is 0 Å². The average molecular weight is 332 g/mol. The van der Waals surface area contributed by atoms with E-state index in [4.69, 9.17) is 0 Å². The van der Waals surface area contributed by atoms with E-state index in [1.807, 2.05) is 48.5 Å². The van der Waals surface area contributed by atoms with E-state index >= 15 is 0 Å². The number of rotatable bonds is 5. The Morgan fingerprint density at radius 1 is 1.08 bits per heavy atom. The lowest BCUT2D eigenvalue weighted by molar-refractivity contribution is 0.0947. The monoisotopic (exact) mass is 332 g/mol. The van der Waals surface area contributed by atoms with Crippen molar-refractivity contribution in [1.29, 1.82) is 0 Å². The van der Waals surface area contributed by atoms with Crippen LogP contribution in [0.25, 0.3) is 10.9 Å². The summed E-state index contributed by atoms with van der Waals surface area (Å²) < 4.78 is 1.76. The van der Waals surface area contributed by atoms with Crippen molar-refractivity contribution < 1.29 is 4.79 Å². The van der Waals surface area contributed by atoms with E-state index in [1.165, 1.54) is 6.33 Å². The fourth-order valence-electron chi connectivity index (χ4n) is 2.67. The van der Waals surface area contributed by atoms with Crippen molar-refractivity contribution in [2.45, 2.75) is 13.1 Å². The summed E-state index contributed by atoms with van der Waals surface area (Å²) in [5.41, 5.74) is 3.41. The van der Waals surface area contributed by atoms with Gasteiger partial charge in [-0.2, -0.15) is 10.2 Å². The van der Waals surface area contributed by atoms with Gasteiger partial charge in [0, 0.05) is 11.9 Å². The molecule has 7 nitrogen and oxygen atoms in total. The van der Waals surface area contributed by atoms with Gasteiger partial charge in [0.2, 0.25) is 0 Å². The minimum atomic E-state index is -0.191. The van der Waals surface area contributed by atoms with Crippen LogP contribution in [0.1, 0.15) is 21.6 Å². The summed E-state index contributed by atoms with van der Waals surface area (Å²) in [6.45, 7) is 1.12. The highest BCUT2D eigenvalue weighted by atomic mass is 16.1. The van der Waals surface area contributed by atoms with Crippen LogP contribution >= 0.6 is 0 Å². The van der Waals surface area contributed by atoms with Crippen LogP contribution in [0.5, 0.6) is 0 Å². The lowest BCUT2D eigenvalue weighted by Crippen LogP contribution is -2.23. The highest BCUT2D eigenvalue weighted by Gasteiger charge is 2.13. The number of carbonyl (C=O) groups excluding carboxylic acids is 1. The smallest absolute Gasteiger partial charge is 0.272 e. The second-order valence-corrected chi connectivity index (χ2v) is 5.71. The number of nitrogens with zero attached hydrogens (tertiary/aromatic N) is 4. The Labute approximate surface area is 143 Å². The molecule has 0 atom stereocenters. The lowest BCUT2D eigenvalue weighted by atomic mass is 10.1. The lowest BCUT2D eigenvalue weighted by Gasteiger charge is -2.06. The molecule has 0 aliphatic rings. The highest BCUT2D eigenvalue weighted by molar-refractivity contribution is 6.04. The third-order valence-corrected chi connectivity index (χ3v) is 3.97. The maximum absolute atomic E-state index is 12.4. The molecule has 2 N–H and O–H groups in total. The summed E-state index contributed by atoms with van der Waals surface area (Å²) in [5.74, 6) is -0.191. The van der Waals surface area contributed by atoms with Crippen LogP contribution < -0.4 is 5.32 Å². The van der Waals surface area contributed by atoms with Crippen LogP contribution in [-0.4, -0.2) is 30.9 Å². The van der Waals surface area contributed by atoms with Gasteiger partial charge in [-0.1, -0.05) is 42.5 Å². The molecule has 0 fully saturated rings. The molecule has 0 unspecified atom stereocenters. The van der Waals surface area contributed by atoms with E-state index in [0.29, 0.717) is 18.8 Å². The Kier molecular flexibility index (Phi) is 3.96. The molecule has 7 heteroatoms. The Morgan fingerprint density at radius 2 is 1.88 bits per heavy atom. The van der Waals surface area contributed by atoms with Crippen LogP contribution in [0.4, 0.5) is 0 Å². The number of carbonyl (C=O) groups is 1. The fourth-order valence-corrected chi connectivity index (χ4v) is 2.67. The van der Waals surface area contributed by atoms with Gasteiger partial charge >= 0.3 is 0 Å². The Balaban J connectivity index is 1.40. The van der Waals surface area contributed by atoms with E-state index in [1.54, 1.807) is 11.0 Å². The Bertz CT molecular complexity index is 988. The first-order valence-electron chi connectivity index (χ1n) is 7.91. The summed E-state index contributed by atoms with van der Waals surface area (Å²) in [7, 11) is 0. The minimum absolute atomic E-state index is 0.191. The zero-order valence-corrected chi connectivity index (χ0v) is 13.4. The molecule has 4 rings (SSSR count). The van der Waals surface area contributed by atoms with Gasteiger partial charge in [-0.3, -0.25) is 9.89 Å². The largest absolute Gasteiger partial charge is 0.347 e. The number of hydrogen-bond acceptors (Lipinski definition) is 4. The molecule has 2 heterocycles. The van der Waals surface area contributed by atoms with E-state index in [2.05, 4.69) is 25.6 Å². The number of fused-ring (bicyclic) bond motifs is 1. The van der Waals surface area contributed by atoms with Crippen molar-refractivity contribution in [3.05, 3.63) is 78.0 Å². The van der Waals surface area contributed by atoms with E-state index < -0.39 is 0 Å². The van der Waals surface area contributed by atoms with E-state index in [-0.39, 0.29) is 5.91 Å². The number of H-pyrrole nitrogens is 1. The quantitative estimate of drug-likeness (QED) is 0.586. The second kappa shape index (κ2) is 6.56. The van der Waals surface area contributed by atoms with E-state index in [9.17, 15) is 4.79 Å². The molecule has 0 saturated heterocycles. The van der Waals surface area contributed by atoms with Gasteiger partial charge in [0.05, 0.1) is 12.1 Å². The number of hydrogen-bond donors (Lipinski definition) is 2. The molecule has 2 aromatic carbocycles. The van der Waals surface area contributed by atoms with Crippen molar-refractivity contribution in [1.82, 2.24) is 30.3 Å². The van der Waals surface area contributed by atoms with Crippen molar-refractivity contribution >= 4 is 16.8 Å². The maximum Gasteiger partial charge on any atom is 0.272 e. The standard InChI is InChI=1S/C18H16N6O/c25-18(17-15-3-1-2-4-16(15)22-23-17)20-9-13-5-7-14(8-6-13)10-24-12-19-11-21-24/h1-8,11-12H,9-10H2,(H,20,25)(H,22,23). The molecule has 0 aliphatic carbocycles. The molecular weight excluding hydrogens is 316 g/mol. The third-order valence-electron chi connectivity index (χ3n) is 3.97. The van der Waals surface area contributed by atoms with Gasteiger partial charge in [0.25, 0.3) is 5.91 Å². The first-order chi connectivity index (χ1) is 12.3. The molecule has 0 saturated carbocycles. The molecule has 0 radical (unpaired) electrons. The maximum atomic E-state index is 12.4. The SMILES string of the molecule is O=C(NCc1ccc(Cn2cncn2)cc1)c1n[nH]c2ccccc12. The van der Waals surface area contributed by atoms with Crippen LogP contribution in [-0.2, 0) is 13.1 Å². The predicted molar refractivity (Wildman–Crippen MR) is 92.8 cm³/mol. The fraction of sp³-hybridized carbons (Fsp3) is 0.111. The molecule has 2 aromatic heterocycles. The number of nitrogens with one attached hydrogen (secondary N) is 2. The van der Waals surface area contributed by atoms with Crippen molar-refractivity contribution in [3.63, 3.8) is 0 Å². The minimum Gasteiger partial charge on any atom is -0.347 e. The van der Waals surface area contributed by atoms with Crippen molar-refractivity contribution in [3.8, 4) is 0 Å². The zero-order valence-electron chi connectivity index (χ0n) is 13.4. The van der Waals surface area contributed by atoms with Gasteiger partial charge in [-0.25, -0.2) is 9.67 Å². The second-order valence-electron chi connectivity index (χ2n) is 5.71. The molecule has 25 heavy (non-hydrogen) atoms. The van der Waals surface area contributed by atoms with Gasteiger partial charge in [0.1, 0.15) is 12.7 Å². The molecular formula is C18H16N6O. The van der Waals surface area contributed by atoms with Crippen LogP contribution in [0.2, 0.25) is 0 Å². The molecule has 124 valence electrons. The number of benzene rings is 2. The van der Waals surface area contributed by atoms with Crippen LogP contribution in [0.3, 0.4) is 0 Å². The molecule has 0 spiro atoms. The molecule has 1 amide bonds. The normalized spacial score (nSPS) is 10.9. The van der Waals surface area contributed by atoms with Crippen LogP contribution in [0.15, 0.2) is 61.2 Å². The first-order valence-corrected chi connectivity index (χ1v) is 7.91. The van der Waals surface area contributed by atoms with Gasteiger partial charge in [-0.15, -0.1) is 0 Å². The predicted octanol–water partition coefficient (Wildman–Crippen LogP) is 2.13. The Morgan fingerprint density at radius 3 is 2.68 bits per heavy atom. The highest BCUT2D eigenvalue weighted by Crippen LogP contribution is 2.15. The molecule has 0 bridgehead atoms. The summed E-state index contributed by atoms with van der Waals surface area (Å²) >= 11 is 0. The first kappa shape index (κ1) is 15.1. The van der Waals surface area contributed by atoms with Gasteiger partial charge < -0.3 is 5.32 Å². The summed E-state index contributed by atoms with van der Waals surface area (Å²) in [6.07, 6.45) is 3.20. The number of amides is 1. The van der Waals surface area contributed by atoms with Gasteiger partial charge in [0.15, 0.2) is 5.69 Å². The van der Waals surface area contributed by atoms with E-state index in [0.717, 1.165) is 22.0 Å². The number of aromatic nitrogens is 5. The average Bonchev–Trinajstić information content (AvgIpc) is 3.30. The van der Waals surface area contributed by atoms with Crippen molar-refractivity contribution in [2.24, 2.45) is 0 Å². The molecule has 4 aromatic rings. The number of aromatic amines is 1. The molecule has 0 aliphatic heterocycles. The number of para-hydroxylation sites is 1. The Hall–Kier alpha value is -3.48. The van der Waals surface area contributed by atoms with Gasteiger partial charge in [-0.05, 0) is 17.2 Å². The topological polar surface area (TPSA) is 88.5 Å². The summed E-state index contributed by atoms with van der Waals surface area (Å²) in [5, 5.41) is 14.8. The zero-order chi connectivity index (χ0) is 17.1. The summed E-state index contributed by atoms with van der Waals surface area (Å²) in [6, 6.07) is 15.6. The third kappa shape index (κ3) is 3.25.